The Morgan fingerprint density at radius 1 is 1.43 bits per heavy atom. The van der Waals surface area contributed by atoms with Gasteiger partial charge >= 0.3 is 0 Å². The highest BCUT2D eigenvalue weighted by atomic mass is 16.1. The third-order valence-electron chi connectivity index (χ3n) is 2.66. The minimum Gasteiger partial charge on any atom is -0.339 e. The molecule has 3 rings (SSSR count). The molecule has 2 aromatic heterocycles. The van der Waals surface area contributed by atoms with Gasteiger partial charge in [-0.2, -0.15) is 4.98 Å². The van der Waals surface area contributed by atoms with Gasteiger partial charge in [0.1, 0.15) is 5.82 Å². The molecule has 0 radical (unpaired) electrons. The zero-order valence-electron chi connectivity index (χ0n) is 7.66. The van der Waals surface area contributed by atoms with Crippen LogP contribution in [0.15, 0.2) is 11.1 Å². The van der Waals surface area contributed by atoms with Crippen LogP contribution >= 0.6 is 0 Å². The molecule has 3 heterocycles. The number of hydrogen-bond donors (Lipinski definition) is 1. The summed E-state index contributed by atoms with van der Waals surface area (Å²) in [7, 11) is 0. The van der Waals surface area contributed by atoms with E-state index in [4.69, 9.17) is 0 Å². The zero-order valence-corrected chi connectivity index (χ0v) is 7.66. The molecule has 1 aliphatic rings. The van der Waals surface area contributed by atoms with Gasteiger partial charge in [0, 0.05) is 13.0 Å². The molecule has 0 fully saturated rings. The van der Waals surface area contributed by atoms with E-state index in [1.165, 1.54) is 0 Å². The molecule has 0 saturated carbocycles. The average molecular weight is 190 g/mol. The van der Waals surface area contributed by atoms with Gasteiger partial charge in [-0.3, -0.25) is 4.79 Å². The number of rotatable bonds is 0. The first-order chi connectivity index (χ1) is 6.86. The van der Waals surface area contributed by atoms with E-state index in [-0.39, 0.29) is 5.56 Å². The lowest BCUT2D eigenvalue weighted by atomic mass is 10.1. The molecular weight excluding hydrogens is 180 g/mol. The Bertz CT molecular complexity index is 539. The Morgan fingerprint density at radius 2 is 2.36 bits per heavy atom. The third kappa shape index (κ3) is 0.921. The van der Waals surface area contributed by atoms with Crippen molar-refractivity contribution in [1.82, 2.24) is 19.5 Å². The van der Waals surface area contributed by atoms with Crippen LogP contribution in [0.1, 0.15) is 18.7 Å². The fraction of sp³-hybridized carbons (Fsp3) is 0.444. The van der Waals surface area contributed by atoms with Gasteiger partial charge in [-0.05, 0) is 12.8 Å². The minimum atomic E-state index is -0.189. The lowest BCUT2D eigenvalue weighted by Gasteiger charge is -2.17. The van der Waals surface area contributed by atoms with Crippen LogP contribution in [-0.2, 0) is 13.0 Å². The summed E-state index contributed by atoms with van der Waals surface area (Å²) in [6.07, 6.45) is 4.69. The second-order valence-corrected chi connectivity index (χ2v) is 3.54. The molecule has 0 amide bonds. The molecule has 5 heteroatoms. The first-order valence-corrected chi connectivity index (χ1v) is 4.79. The third-order valence-corrected chi connectivity index (χ3v) is 2.66. The van der Waals surface area contributed by atoms with E-state index in [9.17, 15) is 4.79 Å². The molecule has 0 atom stereocenters. The summed E-state index contributed by atoms with van der Waals surface area (Å²) in [4.78, 5) is 22.6. The summed E-state index contributed by atoms with van der Waals surface area (Å²) < 4.78 is 2.04. The van der Waals surface area contributed by atoms with Gasteiger partial charge in [0.2, 0.25) is 0 Å². The normalized spacial score (nSPS) is 15.7. The van der Waals surface area contributed by atoms with Gasteiger partial charge in [-0.1, -0.05) is 0 Å². The molecule has 2 aromatic rings. The molecule has 5 nitrogen and oxygen atoms in total. The lowest BCUT2D eigenvalue weighted by Crippen LogP contribution is -2.22. The van der Waals surface area contributed by atoms with Crippen molar-refractivity contribution < 1.29 is 0 Å². The minimum absolute atomic E-state index is 0.189. The van der Waals surface area contributed by atoms with Crippen molar-refractivity contribution in [3.63, 3.8) is 0 Å². The van der Waals surface area contributed by atoms with Crippen LogP contribution in [0.25, 0.3) is 11.2 Å². The average Bonchev–Trinajstić information content (AvgIpc) is 2.67. The highest BCUT2D eigenvalue weighted by molar-refractivity contribution is 5.69. The molecule has 0 bridgehead atoms. The number of aromatic nitrogens is 4. The van der Waals surface area contributed by atoms with Crippen molar-refractivity contribution in [3.8, 4) is 0 Å². The Kier molecular flexibility index (Phi) is 1.47. The van der Waals surface area contributed by atoms with E-state index in [0.717, 1.165) is 37.3 Å². The molecule has 0 spiro atoms. The van der Waals surface area contributed by atoms with Crippen molar-refractivity contribution in [3.05, 3.63) is 22.5 Å². The van der Waals surface area contributed by atoms with Crippen LogP contribution in [0.2, 0.25) is 0 Å². The van der Waals surface area contributed by atoms with E-state index >= 15 is 0 Å². The maximum absolute atomic E-state index is 11.5. The highest BCUT2D eigenvalue weighted by Gasteiger charge is 2.15. The van der Waals surface area contributed by atoms with Crippen molar-refractivity contribution >= 4 is 11.2 Å². The van der Waals surface area contributed by atoms with Crippen LogP contribution in [0.4, 0.5) is 0 Å². The first kappa shape index (κ1) is 7.73. The van der Waals surface area contributed by atoms with E-state index < -0.39 is 0 Å². The zero-order chi connectivity index (χ0) is 9.54. The van der Waals surface area contributed by atoms with Gasteiger partial charge in [-0.25, -0.2) is 4.98 Å². The maximum atomic E-state index is 11.5. The van der Waals surface area contributed by atoms with Crippen molar-refractivity contribution in [2.24, 2.45) is 0 Å². The van der Waals surface area contributed by atoms with E-state index in [1.54, 1.807) is 6.33 Å². The molecule has 1 N–H and O–H groups in total. The summed E-state index contributed by atoms with van der Waals surface area (Å²) in [5, 5.41) is 0. The molecule has 0 aliphatic carbocycles. The Balaban J connectivity index is 2.44. The van der Waals surface area contributed by atoms with E-state index in [0.29, 0.717) is 5.52 Å². The number of aryl methyl sites for hydroxylation is 2. The van der Waals surface area contributed by atoms with Gasteiger partial charge in [0.25, 0.3) is 5.56 Å². The van der Waals surface area contributed by atoms with Gasteiger partial charge in [0.05, 0.1) is 6.33 Å². The van der Waals surface area contributed by atoms with Gasteiger partial charge < -0.3 is 9.55 Å². The van der Waals surface area contributed by atoms with E-state index in [1.807, 2.05) is 4.57 Å². The molecule has 14 heavy (non-hydrogen) atoms. The van der Waals surface area contributed by atoms with Crippen molar-refractivity contribution in [2.75, 3.05) is 0 Å². The molecule has 0 aromatic carbocycles. The Labute approximate surface area is 79.8 Å². The van der Waals surface area contributed by atoms with Crippen LogP contribution < -0.4 is 5.56 Å². The number of imidazole rings is 1. The Hall–Kier alpha value is -1.65. The van der Waals surface area contributed by atoms with Crippen molar-refractivity contribution in [2.45, 2.75) is 25.8 Å². The quantitative estimate of drug-likeness (QED) is 0.656. The van der Waals surface area contributed by atoms with Crippen LogP contribution in [0, 0.1) is 0 Å². The van der Waals surface area contributed by atoms with Crippen LogP contribution in [0.3, 0.4) is 0 Å². The standard InChI is InChI=1S/C9H10N4O/c14-9-7-8(11-5-10-7)13-4-2-1-3-6(13)12-9/h5H,1-4H2,(H,10,11). The summed E-state index contributed by atoms with van der Waals surface area (Å²) in [6.45, 7) is 0.921. The second kappa shape index (κ2) is 2.67. The molecule has 0 unspecified atom stereocenters. The predicted molar refractivity (Wildman–Crippen MR) is 51.1 cm³/mol. The fourth-order valence-electron chi connectivity index (χ4n) is 1.98. The number of nitrogens with zero attached hydrogens (tertiary/aromatic N) is 3. The number of H-pyrrole nitrogens is 1. The Morgan fingerprint density at radius 3 is 3.29 bits per heavy atom. The molecule has 0 saturated heterocycles. The van der Waals surface area contributed by atoms with Crippen molar-refractivity contribution in [1.29, 1.82) is 0 Å². The number of nitrogens with one attached hydrogen (secondary N) is 1. The van der Waals surface area contributed by atoms with Crippen LogP contribution in [0.5, 0.6) is 0 Å². The predicted octanol–water partition coefficient (Wildman–Crippen LogP) is 0.456. The number of hydrogen-bond acceptors (Lipinski definition) is 3. The summed E-state index contributed by atoms with van der Waals surface area (Å²) in [6, 6.07) is 0. The molecule has 1 aliphatic heterocycles. The summed E-state index contributed by atoms with van der Waals surface area (Å²) >= 11 is 0. The largest absolute Gasteiger partial charge is 0.339 e. The lowest BCUT2D eigenvalue weighted by molar-refractivity contribution is 0.518. The summed E-state index contributed by atoms with van der Waals surface area (Å²) in [5.41, 5.74) is 1.08. The highest BCUT2D eigenvalue weighted by Crippen LogP contribution is 2.15. The smallest absolute Gasteiger partial charge is 0.298 e. The number of fused-ring (bicyclic) bond motifs is 3. The molecule has 72 valence electrons. The molecular formula is C9H10N4O. The maximum Gasteiger partial charge on any atom is 0.298 e. The van der Waals surface area contributed by atoms with Crippen LogP contribution in [-0.4, -0.2) is 19.5 Å². The fourth-order valence-corrected chi connectivity index (χ4v) is 1.98. The monoisotopic (exact) mass is 190 g/mol. The second-order valence-electron chi connectivity index (χ2n) is 3.54. The SMILES string of the molecule is O=c1nc2n(c3nc[nH]c13)CCCC2. The topological polar surface area (TPSA) is 63.6 Å². The summed E-state index contributed by atoms with van der Waals surface area (Å²) in [5.74, 6) is 0.876. The number of aromatic amines is 1. The van der Waals surface area contributed by atoms with Gasteiger partial charge in [0.15, 0.2) is 11.2 Å². The van der Waals surface area contributed by atoms with Gasteiger partial charge in [-0.15, -0.1) is 0 Å². The first-order valence-electron chi connectivity index (χ1n) is 4.79. The van der Waals surface area contributed by atoms with E-state index in [2.05, 4.69) is 15.0 Å².